The maximum atomic E-state index is 11.9. The quantitative estimate of drug-likeness (QED) is 0.812. The van der Waals surface area contributed by atoms with Gasteiger partial charge in [0.15, 0.2) is 0 Å². The minimum Gasteiger partial charge on any atom is -0.325 e. The van der Waals surface area contributed by atoms with Gasteiger partial charge in [-0.25, -0.2) is 8.42 Å². The molecule has 0 aliphatic rings. The number of carbonyl (C=O) groups is 1. The first-order valence-corrected chi connectivity index (χ1v) is 8.02. The number of aryl methyl sites for hydroxylation is 2. The molecule has 1 amide bonds. The van der Waals surface area contributed by atoms with Gasteiger partial charge in [-0.1, -0.05) is 23.8 Å². The molecule has 0 fully saturated rings. The predicted molar refractivity (Wildman–Crippen MR) is 81.2 cm³/mol. The lowest BCUT2D eigenvalue weighted by molar-refractivity contribution is -0.116. The molecule has 0 heterocycles. The Morgan fingerprint density at radius 1 is 1.40 bits per heavy atom. The summed E-state index contributed by atoms with van der Waals surface area (Å²) in [6.07, 6.45) is 2.52. The highest BCUT2D eigenvalue weighted by atomic mass is 32.2. The minimum absolute atomic E-state index is 0.110. The zero-order valence-electron chi connectivity index (χ0n) is 12.0. The van der Waals surface area contributed by atoms with Crippen molar-refractivity contribution in [3.05, 3.63) is 42.0 Å². The highest BCUT2D eigenvalue weighted by molar-refractivity contribution is 7.88. The molecule has 1 rings (SSSR count). The second-order valence-corrected chi connectivity index (χ2v) is 6.69. The molecule has 0 spiro atoms. The molecule has 0 saturated carbocycles. The molecule has 1 N–H and O–H groups in total. The van der Waals surface area contributed by atoms with E-state index in [9.17, 15) is 13.2 Å². The molecule has 0 atom stereocenters. The van der Waals surface area contributed by atoms with Crippen molar-refractivity contribution in [2.24, 2.45) is 0 Å². The molecule has 1 aromatic rings. The Morgan fingerprint density at radius 3 is 2.55 bits per heavy atom. The fourth-order valence-corrected chi connectivity index (χ4v) is 2.49. The maximum Gasteiger partial charge on any atom is 0.239 e. The van der Waals surface area contributed by atoms with E-state index in [1.54, 1.807) is 6.07 Å². The van der Waals surface area contributed by atoms with Crippen LogP contribution in [0, 0.1) is 13.8 Å². The first-order chi connectivity index (χ1) is 9.24. The van der Waals surface area contributed by atoms with Crippen molar-refractivity contribution in [3.8, 4) is 0 Å². The smallest absolute Gasteiger partial charge is 0.239 e. The topological polar surface area (TPSA) is 66.5 Å². The summed E-state index contributed by atoms with van der Waals surface area (Å²) in [5.41, 5.74) is 2.73. The summed E-state index contributed by atoms with van der Waals surface area (Å²) in [5, 5.41) is 2.72. The van der Waals surface area contributed by atoms with Gasteiger partial charge in [-0.3, -0.25) is 4.79 Å². The molecular weight excluding hydrogens is 276 g/mol. The molecule has 0 aliphatic heterocycles. The van der Waals surface area contributed by atoms with Crippen LogP contribution in [0.2, 0.25) is 0 Å². The third kappa shape index (κ3) is 4.79. The third-order valence-corrected chi connectivity index (χ3v) is 3.99. The van der Waals surface area contributed by atoms with Crippen molar-refractivity contribution in [2.75, 3.05) is 24.7 Å². The lowest BCUT2D eigenvalue weighted by Gasteiger charge is -2.18. The van der Waals surface area contributed by atoms with E-state index < -0.39 is 10.0 Å². The number of nitrogens with zero attached hydrogens (tertiary/aromatic N) is 1. The zero-order chi connectivity index (χ0) is 15.3. The summed E-state index contributed by atoms with van der Waals surface area (Å²) in [4.78, 5) is 11.9. The Hall–Kier alpha value is -1.66. The molecule has 0 aliphatic carbocycles. The number of anilines is 1. The summed E-state index contributed by atoms with van der Waals surface area (Å²) >= 11 is 0. The molecule has 0 saturated heterocycles. The van der Waals surface area contributed by atoms with Crippen LogP contribution in [0.1, 0.15) is 11.1 Å². The van der Waals surface area contributed by atoms with Crippen LogP contribution in [0.4, 0.5) is 5.69 Å². The van der Waals surface area contributed by atoms with Crippen molar-refractivity contribution in [2.45, 2.75) is 13.8 Å². The van der Waals surface area contributed by atoms with Crippen molar-refractivity contribution < 1.29 is 13.2 Å². The fourth-order valence-electron chi connectivity index (χ4n) is 1.76. The number of rotatable bonds is 6. The van der Waals surface area contributed by atoms with Gasteiger partial charge < -0.3 is 5.32 Å². The lowest BCUT2D eigenvalue weighted by atomic mass is 10.1. The van der Waals surface area contributed by atoms with Crippen molar-refractivity contribution >= 4 is 21.6 Å². The van der Waals surface area contributed by atoms with E-state index in [-0.39, 0.29) is 19.0 Å². The molecule has 6 heteroatoms. The van der Waals surface area contributed by atoms with Crippen molar-refractivity contribution in [3.63, 3.8) is 0 Å². The molecule has 0 aromatic heterocycles. The number of sulfonamides is 1. The molecule has 0 radical (unpaired) electrons. The highest BCUT2D eigenvalue weighted by Crippen LogP contribution is 2.16. The highest BCUT2D eigenvalue weighted by Gasteiger charge is 2.18. The van der Waals surface area contributed by atoms with E-state index in [0.717, 1.165) is 21.7 Å². The summed E-state index contributed by atoms with van der Waals surface area (Å²) in [6.45, 7) is 7.23. The molecule has 0 unspecified atom stereocenters. The molecular formula is C14H20N2O3S. The SMILES string of the molecule is C=CCN(CC(=O)Nc1ccc(C)cc1C)S(C)(=O)=O. The first kappa shape index (κ1) is 16.4. The van der Waals surface area contributed by atoms with Crippen LogP contribution in [0.15, 0.2) is 30.9 Å². The van der Waals surface area contributed by atoms with Crippen molar-refractivity contribution in [1.82, 2.24) is 4.31 Å². The average Bonchev–Trinajstić information content (AvgIpc) is 2.31. The fraction of sp³-hybridized carbons (Fsp3) is 0.357. The van der Waals surface area contributed by atoms with E-state index in [1.807, 2.05) is 26.0 Å². The Morgan fingerprint density at radius 2 is 2.05 bits per heavy atom. The van der Waals surface area contributed by atoms with Crippen LogP contribution in [0.25, 0.3) is 0 Å². The predicted octanol–water partition coefficient (Wildman–Crippen LogP) is 1.69. The van der Waals surface area contributed by atoms with E-state index in [2.05, 4.69) is 11.9 Å². The van der Waals surface area contributed by atoms with Gasteiger partial charge in [-0.05, 0) is 25.5 Å². The Balaban J connectivity index is 2.78. The normalized spacial score (nSPS) is 11.4. The molecule has 1 aromatic carbocycles. The summed E-state index contributed by atoms with van der Waals surface area (Å²) in [6, 6.07) is 5.65. The Kier molecular flexibility index (Phi) is 5.47. The number of hydrogen-bond donors (Lipinski definition) is 1. The van der Waals surface area contributed by atoms with Gasteiger partial charge in [0.1, 0.15) is 0 Å². The summed E-state index contributed by atoms with van der Waals surface area (Å²) in [7, 11) is -3.43. The number of nitrogens with one attached hydrogen (secondary N) is 1. The second-order valence-electron chi connectivity index (χ2n) is 4.71. The van der Waals surface area contributed by atoms with E-state index in [1.165, 1.54) is 6.08 Å². The van der Waals surface area contributed by atoms with Crippen LogP contribution >= 0.6 is 0 Å². The standard InChI is InChI=1S/C14H20N2O3S/c1-5-8-16(20(4,18)19)10-14(17)15-13-7-6-11(2)9-12(13)3/h5-7,9H,1,8,10H2,2-4H3,(H,15,17). The van der Waals surface area contributed by atoms with Crippen LogP contribution in [0.5, 0.6) is 0 Å². The van der Waals surface area contributed by atoms with Crippen molar-refractivity contribution in [1.29, 1.82) is 0 Å². The monoisotopic (exact) mass is 296 g/mol. The number of carbonyl (C=O) groups excluding carboxylic acids is 1. The summed E-state index contributed by atoms with van der Waals surface area (Å²) < 4.78 is 24.1. The molecule has 20 heavy (non-hydrogen) atoms. The van der Waals surface area contributed by atoms with Gasteiger partial charge in [0.25, 0.3) is 0 Å². The number of amides is 1. The minimum atomic E-state index is -3.43. The Labute approximate surface area is 120 Å². The Bertz CT molecular complexity index is 609. The van der Waals surface area contributed by atoms with Crippen LogP contribution in [0.3, 0.4) is 0 Å². The molecule has 5 nitrogen and oxygen atoms in total. The van der Waals surface area contributed by atoms with Crippen LogP contribution in [-0.4, -0.2) is 38.0 Å². The van der Waals surface area contributed by atoms with E-state index >= 15 is 0 Å². The van der Waals surface area contributed by atoms with Gasteiger partial charge >= 0.3 is 0 Å². The van der Waals surface area contributed by atoms with Crippen LogP contribution in [-0.2, 0) is 14.8 Å². The van der Waals surface area contributed by atoms with E-state index in [4.69, 9.17) is 0 Å². The lowest BCUT2D eigenvalue weighted by Crippen LogP contribution is -2.37. The molecule has 110 valence electrons. The van der Waals surface area contributed by atoms with Crippen LogP contribution < -0.4 is 5.32 Å². The van der Waals surface area contributed by atoms with Gasteiger partial charge in [0.05, 0.1) is 12.8 Å². The average molecular weight is 296 g/mol. The number of benzene rings is 1. The van der Waals surface area contributed by atoms with E-state index in [0.29, 0.717) is 5.69 Å². The maximum absolute atomic E-state index is 11.9. The van der Waals surface area contributed by atoms with Gasteiger partial charge in [-0.2, -0.15) is 4.31 Å². The first-order valence-electron chi connectivity index (χ1n) is 6.17. The van der Waals surface area contributed by atoms with Gasteiger partial charge in [0.2, 0.25) is 15.9 Å². The summed E-state index contributed by atoms with van der Waals surface area (Å²) in [5.74, 6) is -0.371. The third-order valence-electron chi connectivity index (χ3n) is 2.78. The zero-order valence-corrected chi connectivity index (χ0v) is 12.8. The second kappa shape index (κ2) is 6.67. The van der Waals surface area contributed by atoms with Gasteiger partial charge in [-0.15, -0.1) is 6.58 Å². The van der Waals surface area contributed by atoms with Gasteiger partial charge in [0, 0.05) is 12.2 Å². The number of hydrogen-bond acceptors (Lipinski definition) is 3. The molecule has 0 bridgehead atoms. The largest absolute Gasteiger partial charge is 0.325 e.